The fourth-order valence-corrected chi connectivity index (χ4v) is 0.702. The van der Waals surface area contributed by atoms with Crippen LogP contribution in [0.2, 0.25) is 0 Å². The number of aliphatic hydroxyl groups excluding tert-OH is 1. The summed E-state index contributed by atoms with van der Waals surface area (Å²) >= 11 is 2.86. The van der Waals surface area contributed by atoms with Crippen molar-refractivity contribution in [3.63, 3.8) is 0 Å². The molecule has 0 heterocycles. The van der Waals surface area contributed by atoms with Crippen molar-refractivity contribution in [2.75, 3.05) is 11.9 Å². The maximum Gasteiger partial charge on any atom is 0.377 e. The highest BCUT2D eigenvalue weighted by atomic mass is 79.9. The number of ketones is 1. The van der Waals surface area contributed by atoms with Crippen molar-refractivity contribution in [1.82, 2.24) is 0 Å². The summed E-state index contributed by atoms with van der Waals surface area (Å²) in [7, 11) is 0. The SMILES string of the molecule is CCOC(=O)C(=O)C(O)CBr. The summed E-state index contributed by atoms with van der Waals surface area (Å²) in [6, 6.07) is 0. The summed E-state index contributed by atoms with van der Waals surface area (Å²) in [4.78, 5) is 21.3. The first kappa shape index (κ1) is 10.6. The Labute approximate surface area is 72.7 Å². The van der Waals surface area contributed by atoms with Crippen LogP contribution in [0.3, 0.4) is 0 Å². The Morgan fingerprint density at radius 2 is 2.18 bits per heavy atom. The van der Waals surface area contributed by atoms with Crippen molar-refractivity contribution in [3.05, 3.63) is 0 Å². The van der Waals surface area contributed by atoms with Gasteiger partial charge in [-0.3, -0.25) is 4.79 Å². The number of halogens is 1. The number of ether oxygens (including phenoxy) is 1. The zero-order valence-electron chi connectivity index (χ0n) is 6.04. The fourth-order valence-electron chi connectivity index (χ4n) is 0.408. The van der Waals surface area contributed by atoms with Crippen molar-refractivity contribution in [2.45, 2.75) is 13.0 Å². The predicted octanol–water partition coefficient (Wildman–Crippen LogP) is -0.126. The van der Waals surface area contributed by atoms with E-state index in [1.807, 2.05) is 0 Å². The predicted molar refractivity (Wildman–Crippen MR) is 41.4 cm³/mol. The van der Waals surface area contributed by atoms with Crippen LogP contribution in [0.5, 0.6) is 0 Å². The normalized spacial score (nSPS) is 12.3. The molecule has 1 atom stereocenters. The Kier molecular flexibility index (Phi) is 5.06. The summed E-state index contributed by atoms with van der Waals surface area (Å²) in [5.74, 6) is -1.90. The summed E-state index contributed by atoms with van der Waals surface area (Å²) in [5.41, 5.74) is 0. The van der Waals surface area contributed by atoms with Gasteiger partial charge in [0, 0.05) is 5.33 Å². The second-order valence-corrected chi connectivity index (χ2v) is 2.40. The summed E-state index contributed by atoms with van der Waals surface area (Å²) < 4.78 is 4.36. The molecule has 0 aromatic heterocycles. The van der Waals surface area contributed by atoms with Gasteiger partial charge in [-0.25, -0.2) is 4.79 Å². The molecule has 5 heteroatoms. The molecule has 1 unspecified atom stereocenters. The van der Waals surface area contributed by atoms with Gasteiger partial charge in [-0.2, -0.15) is 0 Å². The Morgan fingerprint density at radius 3 is 2.55 bits per heavy atom. The molecule has 4 nitrogen and oxygen atoms in total. The molecule has 0 fully saturated rings. The molecule has 1 N–H and O–H groups in total. The van der Waals surface area contributed by atoms with Crippen LogP contribution in [-0.2, 0) is 14.3 Å². The molecule has 0 aromatic carbocycles. The number of hydrogen-bond acceptors (Lipinski definition) is 4. The molecule has 0 radical (unpaired) electrons. The molecule has 0 rings (SSSR count). The van der Waals surface area contributed by atoms with Crippen molar-refractivity contribution in [2.24, 2.45) is 0 Å². The van der Waals surface area contributed by atoms with E-state index < -0.39 is 17.9 Å². The molecule has 0 bridgehead atoms. The molecule has 0 aliphatic heterocycles. The summed E-state index contributed by atoms with van der Waals surface area (Å²) in [6.45, 7) is 1.73. The van der Waals surface area contributed by atoms with Crippen molar-refractivity contribution >= 4 is 27.7 Å². The van der Waals surface area contributed by atoms with Gasteiger partial charge >= 0.3 is 5.97 Å². The van der Waals surface area contributed by atoms with Gasteiger partial charge in [-0.15, -0.1) is 0 Å². The second-order valence-electron chi connectivity index (χ2n) is 1.75. The first-order valence-electron chi connectivity index (χ1n) is 3.08. The lowest BCUT2D eigenvalue weighted by atomic mass is 10.3. The van der Waals surface area contributed by atoms with E-state index in [1.54, 1.807) is 6.92 Å². The zero-order chi connectivity index (χ0) is 8.85. The van der Waals surface area contributed by atoms with Crippen LogP contribution in [0.1, 0.15) is 6.92 Å². The monoisotopic (exact) mass is 224 g/mol. The van der Waals surface area contributed by atoms with Gasteiger partial charge in [-0.1, -0.05) is 15.9 Å². The number of carbonyl (C=O) groups is 2. The molecule has 0 amide bonds. The minimum atomic E-state index is -1.30. The number of rotatable bonds is 4. The van der Waals surface area contributed by atoms with Crippen LogP contribution < -0.4 is 0 Å². The number of aliphatic hydroxyl groups is 1. The molecule has 0 aliphatic carbocycles. The molecule has 0 aliphatic rings. The molecule has 0 aromatic rings. The van der Waals surface area contributed by atoms with Crippen molar-refractivity contribution < 1.29 is 19.4 Å². The maximum atomic E-state index is 10.7. The smallest absolute Gasteiger partial charge is 0.377 e. The zero-order valence-corrected chi connectivity index (χ0v) is 7.63. The highest BCUT2D eigenvalue weighted by Gasteiger charge is 2.22. The van der Waals surface area contributed by atoms with Gasteiger partial charge in [0.25, 0.3) is 5.78 Å². The third kappa shape index (κ3) is 3.48. The van der Waals surface area contributed by atoms with Gasteiger partial charge in [0.15, 0.2) is 0 Å². The lowest BCUT2D eigenvalue weighted by Gasteiger charge is -2.03. The average molecular weight is 225 g/mol. The Bertz CT molecular complexity index is 157. The van der Waals surface area contributed by atoms with E-state index >= 15 is 0 Å². The standard InChI is InChI=1S/C6H9BrO4/c1-2-11-6(10)5(9)4(8)3-7/h4,8H,2-3H2,1H3. The Hall–Kier alpha value is -0.420. The van der Waals surface area contributed by atoms with Crippen molar-refractivity contribution in [3.8, 4) is 0 Å². The lowest BCUT2D eigenvalue weighted by molar-refractivity contribution is -0.156. The Morgan fingerprint density at radius 1 is 1.64 bits per heavy atom. The first-order chi connectivity index (χ1) is 5.13. The van der Waals surface area contributed by atoms with Crippen LogP contribution in [0, 0.1) is 0 Å². The highest BCUT2D eigenvalue weighted by Crippen LogP contribution is 1.94. The molecular formula is C6H9BrO4. The Balaban J connectivity index is 3.92. The van der Waals surface area contributed by atoms with E-state index in [0.29, 0.717) is 0 Å². The van der Waals surface area contributed by atoms with Crippen LogP contribution in [-0.4, -0.2) is 34.9 Å². The first-order valence-corrected chi connectivity index (χ1v) is 4.20. The minimum Gasteiger partial charge on any atom is -0.460 e. The molecule has 11 heavy (non-hydrogen) atoms. The van der Waals surface area contributed by atoms with Gasteiger partial charge in [0.2, 0.25) is 0 Å². The summed E-state index contributed by atoms with van der Waals surface area (Å²) in [5, 5.41) is 8.87. The van der Waals surface area contributed by atoms with Gasteiger partial charge < -0.3 is 9.84 Å². The molecule has 0 saturated heterocycles. The van der Waals surface area contributed by atoms with Crippen LogP contribution >= 0.6 is 15.9 Å². The minimum absolute atomic E-state index is 0.0463. The van der Waals surface area contributed by atoms with E-state index in [-0.39, 0.29) is 11.9 Å². The fraction of sp³-hybridized carbons (Fsp3) is 0.667. The lowest BCUT2D eigenvalue weighted by Crippen LogP contribution is -2.31. The van der Waals surface area contributed by atoms with E-state index in [1.165, 1.54) is 0 Å². The van der Waals surface area contributed by atoms with E-state index in [4.69, 9.17) is 5.11 Å². The van der Waals surface area contributed by atoms with Gasteiger partial charge in [0.1, 0.15) is 6.10 Å². The van der Waals surface area contributed by atoms with E-state index in [0.717, 1.165) is 0 Å². The molecule has 0 saturated carbocycles. The molecule has 0 spiro atoms. The largest absolute Gasteiger partial charge is 0.460 e. The average Bonchev–Trinajstić information content (AvgIpc) is 2.02. The maximum absolute atomic E-state index is 10.7. The summed E-state index contributed by atoms with van der Waals surface area (Å²) in [6.07, 6.45) is -1.30. The number of alkyl halides is 1. The number of esters is 1. The number of Topliss-reactive ketones (excluding diaryl/α,β-unsaturated/α-hetero) is 1. The molecular weight excluding hydrogens is 216 g/mol. The van der Waals surface area contributed by atoms with Crippen molar-refractivity contribution in [1.29, 1.82) is 0 Å². The van der Waals surface area contributed by atoms with Crippen LogP contribution in [0.4, 0.5) is 0 Å². The molecule has 64 valence electrons. The van der Waals surface area contributed by atoms with Crippen LogP contribution in [0.25, 0.3) is 0 Å². The number of carbonyl (C=O) groups excluding carboxylic acids is 2. The van der Waals surface area contributed by atoms with Gasteiger partial charge in [0.05, 0.1) is 6.61 Å². The van der Waals surface area contributed by atoms with Gasteiger partial charge in [-0.05, 0) is 6.92 Å². The quantitative estimate of drug-likeness (QED) is 0.411. The third-order valence-corrected chi connectivity index (χ3v) is 1.54. The highest BCUT2D eigenvalue weighted by molar-refractivity contribution is 9.09. The van der Waals surface area contributed by atoms with E-state index in [9.17, 15) is 9.59 Å². The second kappa shape index (κ2) is 5.26. The van der Waals surface area contributed by atoms with E-state index in [2.05, 4.69) is 20.7 Å². The third-order valence-electron chi connectivity index (χ3n) is 0.925. The topological polar surface area (TPSA) is 63.6 Å². The van der Waals surface area contributed by atoms with Crippen LogP contribution in [0.15, 0.2) is 0 Å². The number of hydrogen-bond donors (Lipinski definition) is 1.